The molecular formula is C13H20N4O. The van der Waals surface area contributed by atoms with Crippen LogP contribution < -0.4 is 10.6 Å². The molecule has 2 rings (SSSR count). The highest BCUT2D eigenvalue weighted by Crippen LogP contribution is 2.27. The Kier molecular flexibility index (Phi) is 3.52. The van der Waals surface area contributed by atoms with E-state index in [0.29, 0.717) is 5.56 Å². The lowest BCUT2D eigenvalue weighted by Crippen LogP contribution is -2.27. The minimum Gasteiger partial charge on any atom is -0.393 e. The predicted octanol–water partition coefficient (Wildman–Crippen LogP) is 0.881. The molecular weight excluding hydrogens is 228 g/mol. The molecule has 2 heterocycles. The molecule has 18 heavy (non-hydrogen) atoms. The third kappa shape index (κ3) is 2.46. The van der Waals surface area contributed by atoms with Gasteiger partial charge in [0.1, 0.15) is 11.7 Å². The van der Waals surface area contributed by atoms with Crippen LogP contribution in [0.5, 0.6) is 0 Å². The van der Waals surface area contributed by atoms with Crippen molar-refractivity contribution in [1.82, 2.24) is 4.98 Å². The Morgan fingerprint density at radius 3 is 2.89 bits per heavy atom. The summed E-state index contributed by atoms with van der Waals surface area (Å²) in [6, 6.07) is 3.71. The summed E-state index contributed by atoms with van der Waals surface area (Å²) in [4.78, 5) is 6.61. The Morgan fingerprint density at radius 2 is 2.33 bits per heavy atom. The number of amidine groups is 1. The number of rotatable bonds is 3. The molecule has 2 unspecified atom stereocenters. The highest BCUT2D eigenvalue weighted by molar-refractivity contribution is 5.99. The Bertz CT molecular complexity index is 458. The van der Waals surface area contributed by atoms with Crippen LogP contribution in [0.25, 0.3) is 0 Å². The topological polar surface area (TPSA) is 86.2 Å². The summed E-state index contributed by atoms with van der Waals surface area (Å²) >= 11 is 0. The van der Waals surface area contributed by atoms with E-state index in [9.17, 15) is 5.11 Å². The van der Waals surface area contributed by atoms with Crippen LogP contribution in [0.4, 0.5) is 5.82 Å². The second-order valence-corrected chi connectivity index (χ2v) is 4.97. The standard InChI is InChI=1S/C13H20N4O/c1-8-3-4-11(12(14)15)13(16-8)17-6-5-10(7-17)9(2)18/h3-4,9-10,18H,5-7H2,1-2H3,(H3,14,15). The largest absolute Gasteiger partial charge is 0.393 e. The van der Waals surface area contributed by atoms with Gasteiger partial charge in [-0.1, -0.05) is 0 Å². The molecule has 2 atom stereocenters. The average molecular weight is 248 g/mol. The number of hydrogen-bond donors (Lipinski definition) is 3. The zero-order chi connectivity index (χ0) is 13.3. The molecule has 5 nitrogen and oxygen atoms in total. The molecule has 0 saturated carbocycles. The molecule has 98 valence electrons. The lowest BCUT2D eigenvalue weighted by atomic mass is 10.0. The van der Waals surface area contributed by atoms with Crippen molar-refractivity contribution in [1.29, 1.82) is 5.41 Å². The van der Waals surface area contributed by atoms with Crippen LogP contribution in [0, 0.1) is 18.3 Å². The van der Waals surface area contributed by atoms with Gasteiger partial charge in [0.05, 0.1) is 11.7 Å². The molecule has 1 aromatic heterocycles. The van der Waals surface area contributed by atoms with Gasteiger partial charge in [-0.15, -0.1) is 0 Å². The van der Waals surface area contributed by atoms with E-state index in [0.717, 1.165) is 31.0 Å². The summed E-state index contributed by atoms with van der Waals surface area (Å²) in [5.41, 5.74) is 7.18. The fourth-order valence-electron chi connectivity index (χ4n) is 2.37. The zero-order valence-electron chi connectivity index (χ0n) is 10.8. The van der Waals surface area contributed by atoms with Crippen LogP contribution in [0.2, 0.25) is 0 Å². The third-order valence-electron chi connectivity index (χ3n) is 3.51. The maximum Gasteiger partial charge on any atom is 0.139 e. The Hall–Kier alpha value is -1.62. The molecule has 0 amide bonds. The first-order valence-electron chi connectivity index (χ1n) is 6.24. The van der Waals surface area contributed by atoms with Gasteiger partial charge in [-0.2, -0.15) is 0 Å². The molecule has 4 N–H and O–H groups in total. The summed E-state index contributed by atoms with van der Waals surface area (Å²) in [7, 11) is 0. The normalized spacial score (nSPS) is 21.1. The summed E-state index contributed by atoms with van der Waals surface area (Å²) in [6.45, 7) is 5.38. The van der Waals surface area contributed by atoms with Crippen molar-refractivity contribution in [3.8, 4) is 0 Å². The monoisotopic (exact) mass is 248 g/mol. The number of aryl methyl sites for hydroxylation is 1. The predicted molar refractivity (Wildman–Crippen MR) is 72.0 cm³/mol. The lowest BCUT2D eigenvalue weighted by molar-refractivity contribution is 0.136. The number of hydrogen-bond acceptors (Lipinski definition) is 4. The van der Waals surface area contributed by atoms with Crippen molar-refractivity contribution in [2.45, 2.75) is 26.4 Å². The quantitative estimate of drug-likeness (QED) is 0.547. The number of aliphatic hydroxyl groups is 1. The zero-order valence-corrected chi connectivity index (χ0v) is 10.8. The van der Waals surface area contributed by atoms with E-state index in [1.54, 1.807) is 0 Å². The molecule has 1 fully saturated rings. The van der Waals surface area contributed by atoms with Crippen LogP contribution in [0.15, 0.2) is 12.1 Å². The first-order valence-corrected chi connectivity index (χ1v) is 6.24. The number of aliphatic hydroxyl groups excluding tert-OH is 1. The van der Waals surface area contributed by atoms with Crippen molar-refractivity contribution in [2.24, 2.45) is 11.7 Å². The summed E-state index contributed by atoms with van der Waals surface area (Å²) < 4.78 is 0. The van der Waals surface area contributed by atoms with Gasteiger partial charge in [-0.3, -0.25) is 5.41 Å². The number of pyridine rings is 1. The van der Waals surface area contributed by atoms with Gasteiger partial charge in [0.15, 0.2) is 0 Å². The molecule has 1 saturated heterocycles. The Morgan fingerprint density at radius 1 is 1.61 bits per heavy atom. The maximum absolute atomic E-state index is 9.64. The van der Waals surface area contributed by atoms with Crippen LogP contribution in [0.1, 0.15) is 24.6 Å². The fourth-order valence-corrected chi connectivity index (χ4v) is 2.37. The molecule has 0 radical (unpaired) electrons. The molecule has 0 bridgehead atoms. The second kappa shape index (κ2) is 4.94. The number of aromatic nitrogens is 1. The van der Waals surface area contributed by atoms with Gasteiger partial charge >= 0.3 is 0 Å². The number of nitrogens with one attached hydrogen (secondary N) is 1. The van der Waals surface area contributed by atoms with E-state index in [4.69, 9.17) is 11.1 Å². The summed E-state index contributed by atoms with van der Waals surface area (Å²) in [5, 5.41) is 17.2. The SMILES string of the molecule is Cc1ccc(C(=N)N)c(N2CCC(C(C)O)C2)n1. The molecule has 1 aliphatic heterocycles. The lowest BCUT2D eigenvalue weighted by Gasteiger charge is -2.21. The van der Waals surface area contributed by atoms with E-state index in [1.165, 1.54) is 0 Å². The van der Waals surface area contributed by atoms with Gasteiger partial charge < -0.3 is 15.7 Å². The smallest absolute Gasteiger partial charge is 0.139 e. The average Bonchev–Trinajstić information content (AvgIpc) is 2.77. The van der Waals surface area contributed by atoms with Crippen molar-refractivity contribution in [3.63, 3.8) is 0 Å². The van der Waals surface area contributed by atoms with Crippen molar-refractivity contribution in [3.05, 3.63) is 23.4 Å². The van der Waals surface area contributed by atoms with Crippen molar-refractivity contribution < 1.29 is 5.11 Å². The fraction of sp³-hybridized carbons (Fsp3) is 0.538. The molecule has 5 heteroatoms. The number of anilines is 1. The van der Waals surface area contributed by atoms with Crippen LogP contribution in [-0.2, 0) is 0 Å². The molecule has 0 spiro atoms. The van der Waals surface area contributed by atoms with E-state index >= 15 is 0 Å². The first kappa shape index (κ1) is 12.8. The van der Waals surface area contributed by atoms with Gasteiger partial charge in [0, 0.05) is 24.7 Å². The minimum atomic E-state index is -0.305. The van der Waals surface area contributed by atoms with Gasteiger partial charge in [0.2, 0.25) is 0 Å². The Labute approximate surface area is 107 Å². The van der Waals surface area contributed by atoms with Crippen LogP contribution >= 0.6 is 0 Å². The van der Waals surface area contributed by atoms with Crippen molar-refractivity contribution >= 4 is 11.7 Å². The molecule has 0 aromatic carbocycles. The van der Waals surface area contributed by atoms with E-state index < -0.39 is 0 Å². The molecule has 1 aromatic rings. The van der Waals surface area contributed by atoms with Gasteiger partial charge in [-0.05, 0) is 32.4 Å². The second-order valence-electron chi connectivity index (χ2n) is 4.97. The van der Waals surface area contributed by atoms with Gasteiger partial charge in [0.25, 0.3) is 0 Å². The summed E-state index contributed by atoms with van der Waals surface area (Å²) in [5.74, 6) is 1.08. The first-order chi connectivity index (χ1) is 8.49. The number of nitrogens with two attached hydrogens (primary N) is 1. The number of nitrogen functional groups attached to an aromatic ring is 1. The van der Waals surface area contributed by atoms with E-state index in [1.807, 2.05) is 26.0 Å². The highest BCUT2D eigenvalue weighted by Gasteiger charge is 2.28. The Balaban J connectivity index is 2.28. The van der Waals surface area contributed by atoms with Crippen LogP contribution in [0.3, 0.4) is 0 Å². The van der Waals surface area contributed by atoms with Crippen LogP contribution in [-0.4, -0.2) is 35.1 Å². The summed E-state index contributed by atoms with van der Waals surface area (Å²) in [6.07, 6.45) is 0.644. The molecule has 1 aliphatic rings. The van der Waals surface area contributed by atoms with E-state index in [-0.39, 0.29) is 17.9 Å². The van der Waals surface area contributed by atoms with Crippen molar-refractivity contribution in [2.75, 3.05) is 18.0 Å². The molecule has 0 aliphatic carbocycles. The maximum atomic E-state index is 9.64. The third-order valence-corrected chi connectivity index (χ3v) is 3.51. The van der Waals surface area contributed by atoms with E-state index in [2.05, 4.69) is 9.88 Å². The van der Waals surface area contributed by atoms with Gasteiger partial charge in [-0.25, -0.2) is 4.98 Å². The number of nitrogens with zero attached hydrogens (tertiary/aromatic N) is 2. The minimum absolute atomic E-state index is 0.0398. The highest BCUT2D eigenvalue weighted by atomic mass is 16.3.